The second kappa shape index (κ2) is 6.19. The molecule has 1 N–H and O–H groups in total. The molecule has 0 bridgehead atoms. The van der Waals surface area contributed by atoms with Crippen molar-refractivity contribution in [1.29, 1.82) is 0 Å². The molecule has 0 saturated heterocycles. The van der Waals surface area contributed by atoms with E-state index >= 15 is 0 Å². The minimum atomic E-state index is 0.0932. The van der Waals surface area contributed by atoms with Gasteiger partial charge in [0.25, 0.3) is 0 Å². The highest BCUT2D eigenvalue weighted by Crippen LogP contribution is 2.30. The molecule has 0 amide bonds. The summed E-state index contributed by atoms with van der Waals surface area (Å²) in [5.74, 6) is 1.65. The highest BCUT2D eigenvalue weighted by Gasteiger charge is 2.16. The van der Waals surface area contributed by atoms with E-state index in [1.165, 1.54) is 0 Å². The van der Waals surface area contributed by atoms with Gasteiger partial charge in [-0.1, -0.05) is 12.1 Å². The summed E-state index contributed by atoms with van der Waals surface area (Å²) < 4.78 is 13.1. The maximum absolute atomic E-state index is 5.97. The highest BCUT2D eigenvalue weighted by atomic mass is 16.5. The molecule has 3 rings (SSSR count). The molecule has 6 heteroatoms. The third kappa shape index (κ3) is 2.96. The van der Waals surface area contributed by atoms with Gasteiger partial charge < -0.3 is 14.5 Å². The summed E-state index contributed by atoms with van der Waals surface area (Å²) in [6.07, 6.45) is 3.26. The number of methoxy groups -OCH3 is 1. The van der Waals surface area contributed by atoms with Gasteiger partial charge in [0.05, 0.1) is 19.7 Å². The van der Waals surface area contributed by atoms with Crippen LogP contribution in [0.15, 0.2) is 41.3 Å². The quantitative estimate of drug-likeness (QED) is 0.758. The van der Waals surface area contributed by atoms with Crippen LogP contribution in [0, 0.1) is 0 Å². The van der Waals surface area contributed by atoms with E-state index in [2.05, 4.69) is 35.3 Å². The molecule has 0 aliphatic heterocycles. The summed E-state index contributed by atoms with van der Waals surface area (Å²) in [5, 5.41) is 8.68. The number of hydrogen-bond donors (Lipinski definition) is 1. The van der Waals surface area contributed by atoms with Crippen LogP contribution in [0.4, 0.5) is 0 Å². The SMILES string of the molecule is COc1cccc2cc([C@H](C)N[C@H](C)Cn3cncn3)oc12. The van der Waals surface area contributed by atoms with Gasteiger partial charge in [0.2, 0.25) is 0 Å². The lowest BCUT2D eigenvalue weighted by Gasteiger charge is -2.18. The molecule has 0 saturated carbocycles. The van der Waals surface area contributed by atoms with Crippen LogP contribution in [0.25, 0.3) is 11.0 Å². The van der Waals surface area contributed by atoms with E-state index in [0.29, 0.717) is 0 Å². The Hall–Kier alpha value is -2.34. The molecule has 2 heterocycles. The summed E-state index contributed by atoms with van der Waals surface area (Å²) in [5.41, 5.74) is 0.789. The van der Waals surface area contributed by atoms with Crippen LogP contribution in [0.3, 0.4) is 0 Å². The van der Waals surface area contributed by atoms with Crippen molar-refractivity contribution in [3.8, 4) is 5.75 Å². The lowest BCUT2D eigenvalue weighted by Crippen LogP contribution is -2.32. The molecule has 0 spiro atoms. The predicted octanol–water partition coefficient (Wildman–Crippen LogP) is 2.77. The average molecular weight is 300 g/mol. The Labute approximate surface area is 129 Å². The van der Waals surface area contributed by atoms with Crippen molar-refractivity contribution in [2.45, 2.75) is 32.5 Å². The van der Waals surface area contributed by atoms with Crippen molar-refractivity contribution in [2.75, 3.05) is 7.11 Å². The number of nitrogens with zero attached hydrogens (tertiary/aromatic N) is 3. The Morgan fingerprint density at radius 2 is 2.23 bits per heavy atom. The smallest absolute Gasteiger partial charge is 0.176 e. The molecular weight excluding hydrogens is 280 g/mol. The van der Waals surface area contributed by atoms with E-state index < -0.39 is 0 Å². The van der Waals surface area contributed by atoms with E-state index in [4.69, 9.17) is 9.15 Å². The fourth-order valence-corrected chi connectivity index (χ4v) is 2.60. The number of benzene rings is 1. The molecule has 116 valence electrons. The first-order chi connectivity index (χ1) is 10.7. The Kier molecular flexibility index (Phi) is 4.11. The molecule has 0 radical (unpaired) electrons. The molecule has 6 nitrogen and oxygen atoms in total. The van der Waals surface area contributed by atoms with Gasteiger partial charge in [0, 0.05) is 11.4 Å². The first-order valence-electron chi connectivity index (χ1n) is 7.32. The van der Waals surface area contributed by atoms with Crippen LogP contribution in [0.5, 0.6) is 5.75 Å². The van der Waals surface area contributed by atoms with Crippen LogP contribution in [-0.2, 0) is 6.54 Å². The van der Waals surface area contributed by atoms with E-state index in [0.717, 1.165) is 29.0 Å². The molecular formula is C16H20N4O2. The lowest BCUT2D eigenvalue weighted by molar-refractivity contribution is 0.369. The number of nitrogens with one attached hydrogen (secondary N) is 1. The number of rotatable bonds is 6. The third-order valence-electron chi connectivity index (χ3n) is 3.64. The largest absolute Gasteiger partial charge is 0.493 e. The molecule has 0 aliphatic carbocycles. The van der Waals surface area contributed by atoms with Gasteiger partial charge in [-0.15, -0.1) is 0 Å². The van der Waals surface area contributed by atoms with Crippen LogP contribution >= 0.6 is 0 Å². The Balaban J connectivity index is 1.73. The summed E-state index contributed by atoms with van der Waals surface area (Å²) in [6, 6.07) is 8.28. The Bertz CT molecular complexity index is 736. The maximum Gasteiger partial charge on any atom is 0.176 e. The number of ether oxygens (including phenoxy) is 1. The van der Waals surface area contributed by atoms with Crippen molar-refractivity contribution in [1.82, 2.24) is 20.1 Å². The zero-order chi connectivity index (χ0) is 15.5. The minimum absolute atomic E-state index is 0.0932. The monoisotopic (exact) mass is 300 g/mol. The molecule has 2 atom stereocenters. The number of hydrogen-bond acceptors (Lipinski definition) is 5. The Morgan fingerprint density at radius 3 is 2.95 bits per heavy atom. The Morgan fingerprint density at radius 1 is 1.36 bits per heavy atom. The first kappa shape index (κ1) is 14.6. The van der Waals surface area contributed by atoms with Crippen LogP contribution in [0.2, 0.25) is 0 Å². The molecule has 1 aromatic carbocycles. The summed E-state index contributed by atoms with van der Waals surface area (Å²) >= 11 is 0. The predicted molar refractivity (Wildman–Crippen MR) is 83.8 cm³/mol. The summed E-state index contributed by atoms with van der Waals surface area (Å²) in [7, 11) is 1.65. The van der Waals surface area contributed by atoms with Crippen molar-refractivity contribution in [2.24, 2.45) is 0 Å². The van der Waals surface area contributed by atoms with Crippen LogP contribution in [0.1, 0.15) is 25.6 Å². The maximum atomic E-state index is 5.97. The minimum Gasteiger partial charge on any atom is -0.493 e. The van der Waals surface area contributed by atoms with Gasteiger partial charge >= 0.3 is 0 Å². The van der Waals surface area contributed by atoms with Gasteiger partial charge in [-0.3, -0.25) is 4.68 Å². The topological polar surface area (TPSA) is 65.1 Å². The van der Waals surface area contributed by atoms with Crippen molar-refractivity contribution < 1.29 is 9.15 Å². The lowest BCUT2D eigenvalue weighted by atomic mass is 10.2. The van der Waals surface area contributed by atoms with Crippen molar-refractivity contribution in [3.05, 3.63) is 42.7 Å². The van der Waals surface area contributed by atoms with Gasteiger partial charge in [-0.2, -0.15) is 5.10 Å². The molecule has 22 heavy (non-hydrogen) atoms. The van der Waals surface area contributed by atoms with Crippen molar-refractivity contribution in [3.63, 3.8) is 0 Å². The highest BCUT2D eigenvalue weighted by molar-refractivity contribution is 5.83. The zero-order valence-corrected chi connectivity index (χ0v) is 13.0. The van der Waals surface area contributed by atoms with Gasteiger partial charge in [0.15, 0.2) is 11.3 Å². The first-order valence-corrected chi connectivity index (χ1v) is 7.32. The van der Waals surface area contributed by atoms with Gasteiger partial charge in [0.1, 0.15) is 18.4 Å². The number of furan rings is 1. The summed E-state index contributed by atoms with van der Waals surface area (Å²) in [4.78, 5) is 3.95. The van der Waals surface area contributed by atoms with E-state index in [1.807, 2.05) is 22.9 Å². The molecule has 2 aromatic heterocycles. The van der Waals surface area contributed by atoms with E-state index in [1.54, 1.807) is 19.8 Å². The second-order valence-electron chi connectivity index (χ2n) is 5.43. The zero-order valence-electron chi connectivity index (χ0n) is 13.0. The van der Waals surface area contributed by atoms with E-state index in [9.17, 15) is 0 Å². The third-order valence-corrected chi connectivity index (χ3v) is 3.64. The number of fused-ring (bicyclic) bond motifs is 1. The molecule has 0 unspecified atom stereocenters. The fraction of sp³-hybridized carbons (Fsp3) is 0.375. The van der Waals surface area contributed by atoms with E-state index in [-0.39, 0.29) is 12.1 Å². The second-order valence-corrected chi connectivity index (χ2v) is 5.43. The van der Waals surface area contributed by atoms with Gasteiger partial charge in [-0.25, -0.2) is 4.98 Å². The average Bonchev–Trinajstić information content (AvgIpc) is 3.15. The fourth-order valence-electron chi connectivity index (χ4n) is 2.60. The van der Waals surface area contributed by atoms with Gasteiger partial charge in [-0.05, 0) is 26.0 Å². The number of para-hydroxylation sites is 1. The van der Waals surface area contributed by atoms with Crippen LogP contribution in [-0.4, -0.2) is 27.9 Å². The standard InChI is InChI=1S/C16H20N4O2/c1-11(8-20-10-17-9-18-20)19-12(2)15-7-13-5-4-6-14(21-3)16(13)22-15/h4-7,9-12,19H,8H2,1-3H3/t11-,12+/m1/s1. The normalized spacial score (nSPS) is 14.1. The molecule has 3 aromatic rings. The van der Waals surface area contributed by atoms with Crippen molar-refractivity contribution >= 4 is 11.0 Å². The van der Waals surface area contributed by atoms with Crippen LogP contribution < -0.4 is 10.1 Å². The number of aromatic nitrogens is 3. The summed E-state index contributed by atoms with van der Waals surface area (Å²) in [6.45, 7) is 4.96. The molecule has 0 fully saturated rings. The molecule has 0 aliphatic rings.